The van der Waals surface area contributed by atoms with E-state index in [0.29, 0.717) is 0 Å². The van der Waals surface area contributed by atoms with Crippen molar-refractivity contribution in [2.75, 3.05) is 36.5 Å². The summed E-state index contributed by atoms with van der Waals surface area (Å²) in [4.78, 5) is 26.8. The van der Waals surface area contributed by atoms with Crippen LogP contribution in [0.2, 0.25) is 0 Å². The summed E-state index contributed by atoms with van der Waals surface area (Å²) >= 11 is 0. The maximum Gasteiger partial charge on any atom is 0.246 e. The van der Waals surface area contributed by atoms with E-state index in [9.17, 15) is 9.59 Å². The van der Waals surface area contributed by atoms with Gasteiger partial charge in [0.15, 0.2) is 0 Å². The van der Waals surface area contributed by atoms with Crippen molar-refractivity contribution in [3.05, 3.63) is 65.7 Å². The van der Waals surface area contributed by atoms with Crippen molar-refractivity contribution in [2.45, 2.75) is 19.9 Å². The number of hydrogen-bond acceptors (Lipinski definition) is 4. The minimum atomic E-state index is -0.652. The average molecular weight is 393 g/mol. The highest BCUT2D eigenvalue weighted by Crippen LogP contribution is 2.23. The highest BCUT2D eigenvalue weighted by molar-refractivity contribution is 6.00. The largest absolute Gasteiger partial charge is 0.378 e. The Morgan fingerprint density at radius 1 is 1.10 bits per heavy atom. The molecule has 2 aromatic rings. The molecular weight excluding hydrogens is 366 g/mol. The van der Waals surface area contributed by atoms with Gasteiger partial charge in [-0.2, -0.15) is 0 Å². The number of nitrogens with zero attached hydrogens (tertiary/aromatic N) is 1. The zero-order valence-corrected chi connectivity index (χ0v) is 16.9. The lowest BCUT2D eigenvalue weighted by Crippen LogP contribution is -2.41. The van der Waals surface area contributed by atoms with Gasteiger partial charge >= 0.3 is 0 Å². The van der Waals surface area contributed by atoms with Crippen LogP contribution in [0.25, 0.3) is 6.08 Å². The molecule has 1 aliphatic heterocycles. The molecule has 2 aromatic carbocycles. The molecule has 1 aliphatic rings. The van der Waals surface area contributed by atoms with Gasteiger partial charge in [-0.05, 0) is 49.2 Å². The molecule has 0 aromatic heterocycles. The van der Waals surface area contributed by atoms with Crippen molar-refractivity contribution in [3.63, 3.8) is 0 Å². The maximum absolute atomic E-state index is 12.5. The summed E-state index contributed by atoms with van der Waals surface area (Å²) < 4.78 is 5.39. The first-order valence-electron chi connectivity index (χ1n) is 9.81. The van der Waals surface area contributed by atoms with Gasteiger partial charge < -0.3 is 20.3 Å². The summed E-state index contributed by atoms with van der Waals surface area (Å²) in [6.45, 7) is 6.82. The Hall–Kier alpha value is -3.12. The third kappa shape index (κ3) is 5.93. The molecule has 3 rings (SSSR count). The second kappa shape index (κ2) is 9.89. The standard InChI is InChI=1S/C23H27N3O3/c1-17-16-20(26-12-14-29-15-13-26)9-10-21(17)25-23(28)18(2)24-22(27)11-8-19-6-4-3-5-7-19/h3-11,16,18H,12-15H2,1-2H3,(H,24,27)(H,25,28). The summed E-state index contributed by atoms with van der Waals surface area (Å²) in [6, 6.07) is 14.8. The van der Waals surface area contributed by atoms with E-state index in [1.165, 1.54) is 6.08 Å². The van der Waals surface area contributed by atoms with Crippen LogP contribution in [0.15, 0.2) is 54.6 Å². The first-order valence-corrected chi connectivity index (χ1v) is 9.81. The van der Waals surface area contributed by atoms with Crippen molar-refractivity contribution in [2.24, 2.45) is 0 Å². The monoisotopic (exact) mass is 393 g/mol. The molecule has 6 heteroatoms. The van der Waals surface area contributed by atoms with Crippen LogP contribution < -0.4 is 15.5 Å². The number of benzene rings is 2. The topological polar surface area (TPSA) is 70.7 Å². The highest BCUT2D eigenvalue weighted by Gasteiger charge is 2.17. The molecule has 1 saturated heterocycles. The van der Waals surface area contributed by atoms with Gasteiger partial charge in [-0.25, -0.2) is 0 Å². The number of carbonyl (C=O) groups is 2. The van der Waals surface area contributed by atoms with Crippen molar-refractivity contribution in [1.29, 1.82) is 0 Å². The Balaban J connectivity index is 1.54. The number of nitrogens with one attached hydrogen (secondary N) is 2. The lowest BCUT2D eigenvalue weighted by molar-refractivity contribution is -0.123. The van der Waals surface area contributed by atoms with E-state index in [1.807, 2.05) is 49.4 Å². The highest BCUT2D eigenvalue weighted by atomic mass is 16.5. The molecule has 0 saturated carbocycles. The van der Waals surface area contributed by atoms with Gasteiger partial charge in [-0.3, -0.25) is 9.59 Å². The lowest BCUT2D eigenvalue weighted by Gasteiger charge is -2.29. The fraction of sp³-hybridized carbons (Fsp3) is 0.304. The number of ether oxygens (including phenoxy) is 1. The molecule has 0 spiro atoms. The van der Waals surface area contributed by atoms with Gasteiger partial charge in [0, 0.05) is 30.5 Å². The second-order valence-electron chi connectivity index (χ2n) is 7.06. The predicted octanol–water partition coefficient (Wildman–Crippen LogP) is 2.99. The molecule has 0 bridgehead atoms. The van der Waals surface area contributed by atoms with Crippen molar-refractivity contribution in [1.82, 2.24) is 5.32 Å². The van der Waals surface area contributed by atoms with Crippen LogP contribution in [0.4, 0.5) is 11.4 Å². The van der Waals surface area contributed by atoms with Gasteiger partial charge in [0.05, 0.1) is 13.2 Å². The second-order valence-corrected chi connectivity index (χ2v) is 7.06. The summed E-state index contributed by atoms with van der Waals surface area (Å²) in [5.74, 6) is -0.565. The number of hydrogen-bond donors (Lipinski definition) is 2. The maximum atomic E-state index is 12.5. The Morgan fingerprint density at radius 3 is 2.52 bits per heavy atom. The fourth-order valence-corrected chi connectivity index (χ4v) is 3.11. The lowest BCUT2D eigenvalue weighted by atomic mass is 10.1. The van der Waals surface area contributed by atoms with Gasteiger partial charge in [-0.15, -0.1) is 0 Å². The Kier molecular flexibility index (Phi) is 7.03. The third-order valence-corrected chi connectivity index (χ3v) is 4.82. The van der Waals surface area contributed by atoms with Crippen LogP contribution in [0, 0.1) is 6.92 Å². The van der Waals surface area contributed by atoms with E-state index in [-0.39, 0.29) is 11.8 Å². The van der Waals surface area contributed by atoms with E-state index in [1.54, 1.807) is 13.0 Å². The average Bonchev–Trinajstić information content (AvgIpc) is 2.75. The molecule has 1 heterocycles. The molecule has 1 unspecified atom stereocenters. The van der Waals surface area contributed by atoms with Crippen LogP contribution in [-0.4, -0.2) is 44.2 Å². The van der Waals surface area contributed by atoms with E-state index >= 15 is 0 Å². The Bertz CT molecular complexity index is 874. The van der Waals surface area contributed by atoms with Crippen molar-refractivity contribution >= 4 is 29.3 Å². The van der Waals surface area contributed by atoms with Crippen LogP contribution in [-0.2, 0) is 14.3 Å². The molecule has 2 amide bonds. The van der Waals surface area contributed by atoms with Crippen LogP contribution in [0.5, 0.6) is 0 Å². The molecular formula is C23H27N3O3. The summed E-state index contributed by atoms with van der Waals surface area (Å²) in [5, 5.41) is 5.59. The number of aryl methyl sites for hydroxylation is 1. The van der Waals surface area contributed by atoms with E-state index in [0.717, 1.165) is 48.8 Å². The van der Waals surface area contributed by atoms with Crippen LogP contribution in [0.1, 0.15) is 18.1 Å². The number of amides is 2. The van der Waals surface area contributed by atoms with E-state index in [4.69, 9.17) is 4.74 Å². The third-order valence-electron chi connectivity index (χ3n) is 4.82. The van der Waals surface area contributed by atoms with E-state index < -0.39 is 6.04 Å². The number of carbonyl (C=O) groups excluding carboxylic acids is 2. The first kappa shape index (κ1) is 20.6. The Morgan fingerprint density at radius 2 is 1.83 bits per heavy atom. The predicted molar refractivity (Wildman–Crippen MR) is 116 cm³/mol. The van der Waals surface area contributed by atoms with Gasteiger partial charge in [0.1, 0.15) is 6.04 Å². The smallest absolute Gasteiger partial charge is 0.246 e. The fourth-order valence-electron chi connectivity index (χ4n) is 3.11. The molecule has 152 valence electrons. The van der Waals surface area contributed by atoms with Crippen LogP contribution in [0.3, 0.4) is 0 Å². The number of morpholine rings is 1. The quantitative estimate of drug-likeness (QED) is 0.741. The first-order chi connectivity index (χ1) is 14.0. The van der Waals surface area contributed by atoms with Crippen molar-refractivity contribution in [3.8, 4) is 0 Å². The summed E-state index contributed by atoms with van der Waals surface area (Å²) in [5.41, 5.74) is 3.77. The Labute approximate surface area is 171 Å². The molecule has 2 N–H and O–H groups in total. The van der Waals surface area contributed by atoms with E-state index in [2.05, 4.69) is 21.6 Å². The molecule has 1 fully saturated rings. The minimum absolute atomic E-state index is 0.256. The molecule has 1 atom stereocenters. The zero-order valence-electron chi connectivity index (χ0n) is 16.9. The minimum Gasteiger partial charge on any atom is -0.378 e. The van der Waals surface area contributed by atoms with Gasteiger partial charge in [-0.1, -0.05) is 30.3 Å². The van der Waals surface area contributed by atoms with Gasteiger partial charge in [0.2, 0.25) is 11.8 Å². The molecule has 0 aliphatic carbocycles. The van der Waals surface area contributed by atoms with Crippen molar-refractivity contribution < 1.29 is 14.3 Å². The number of rotatable bonds is 6. The molecule has 29 heavy (non-hydrogen) atoms. The van der Waals surface area contributed by atoms with Crippen LogP contribution >= 0.6 is 0 Å². The number of anilines is 2. The summed E-state index contributed by atoms with van der Waals surface area (Å²) in [7, 11) is 0. The summed E-state index contributed by atoms with van der Waals surface area (Å²) in [6.07, 6.45) is 3.15. The normalized spacial score (nSPS) is 15.2. The molecule has 6 nitrogen and oxygen atoms in total. The molecule has 0 radical (unpaired) electrons. The van der Waals surface area contributed by atoms with Gasteiger partial charge in [0.25, 0.3) is 0 Å². The SMILES string of the molecule is Cc1cc(N2CCOCC2)ccc1NC(=O)C(C)NC(=O)C=Cc1ccccc1. The zero-order chi connectivity index (χ0) is 20.6.